The highest BCUT2D eigenvalue weighted by atomic mass is 16.6. The number of rotatable bonds is 18. The van der Waals surface area contributed by atoms with Gasteiger partial charge in [0.15, 0.2) is 0 Å². The summed E-state index contributed by atoms with van der Waals surface area (Å²) in [6.45, 7) is 4.50. The zero-order chi connectivity index (χ0) is 35.2. The van der Waals surface area contributed by atoms with Crippen LogP contribution in [0.2, 0.25) is 0 Å². The minimum absolute atomic E-state index is 0.0312. The summed E-state index contributed by atoms with van der Waals surface area (Å²) < 4.78 is 21.2. The first-order chi connectivity index (χ1) is 23.7. The van der Waals surface area contributed by atoms with E-state index in [4.69, 9.17) is 18.9 Å². The topological polar surface area (TPSA) is 153 Å². The Bertz CT molecular complexity index is 1580. The van der Waals surface area contributed by atoms with Crippen LogP contribution in [-0.4, -0.2) is 80.6 Å². The van der Waals surface area contributed by atoms with Crippen LogP contribution in [0.1, 0.15) is 48.3 Å². The lowest BCUT2D eigenvalue weighted by Gasteiger charge is -2.25. The summed E-state index contributed by atoms with van der Waals surface area (Å²) in [5, 5.41) is 15.0. The van der Waals surface area contributed by atoms with Crippen molar-refractivity contribution in [1.29, 1.82) is 0 Å². The lowest BCUT2D eigenvalue weighted by molar-refractivity contribution is -0.140. The fourth-order valence-corrected chi connectivity index (χ4v) is 5.75. The SMILES string of the molecule is C=CCOC(=O)NCCCCN(Cc1ccc(OC)cc1OC)C(=O)CC[C@H](NC(=O)OCC1c2ccccc2-c2ccccc21)C(=O)O. The van der Waals surface area contributed by atoms with Crippen molar-refractivity contribution < 1.29 is 43.2 Å². The molecule has 3 N–H and O–H groups in total. The van der Waals surface area contributed by atoms with Crippen molar-refractivity contribution >= 4 is 24.1 Å². The number of alkyl carbamates (subject to hydrolysis) is 2. The molecule has 0 radical (unpaired) electrons. The van der Waals surface area contributed by atoms with Gasteiger partial charge >= 0.3 is 18.2 Å². The van der Waals surface area contributed by atoms with E-state index in [0.717, 1.165) is 27.8 Å². The highest BCUT2D eigenvalue weighted by molar-refractivity contribution is 5.82. The number of aliphatic carboxylic acids is 1. The Hall–Kier alpha value is -5.52. The van der Waals surface area contributed by atoms with E-state index in [1.54, 1.807) is 30.2 Å². The number of carbonyl (C=O) groups is 4. The van der Waals surface area contributed by atoms with Gasteiger partial charge in [0.05, 0.1) is 14.2 Å². The molecule has 260 valence electrons. The van der Waals surface area contributed by atoms with Gasteiger partial charge in [0, 0.05) is 43.6 Å². The van der Waals surface area contributed by atoms with Crippen LogP contribution in [0.4, 0.5) is 9.59 Å². The molecular formula is C37H43N3O9. The molecule has 4 rings (SSSR count). The van der Waals surface area contributed by atoms with Crippen molar-refractivity contribution in [2.24, 2.45) is 0 Å². The van der Waals surface area contributed by atoms with Crippen molar-refractivity contribution in [1.82, 2.24) is 15.5 Å². The van der Waals surface area contributed by atoms with Crippen LogP contribution in [0.3, 0.4) is 0 Å². The molecule has 0 unspecified atom stereocenters. The normalized spacial score (nSPS) is 12.1. The summed E-state index contributed by atoms with van der Waals surface area (Å²) in [5.74, 6) is -0.643. The van der Waals surface area contributed by atoms with E-state index in [2.05, 4.69) is 17.2 Å². The van der Waals surface area contributed by atoms with Crippen molar-refractivity contribution in [2.75, 3.05) is 40.5 Å². The van der Waals surface area contributed by atoms with E-state index in [9.17, 15) is 24.3 Å². The second-order valence-corrected chi connectivity index (χ2v) is 11.4. The number of amides is 3. The number of unbranched alkanes of at least 4 members (excludes halogenated alkanes) is 1. The van der Waals surface area contributed by atoms with Crippen molar-refractivity contribution in [3.05, 3.63) is 96.1 Å². The minimum atomic E-state index is -1.34. The molecule has 0 heterocycles. The van der Waals surface area contributed by atoms with E-state index in [0.29, 0.717) is 37.4 Å². The van der Waals surface area contributed by atoms with Crippen molar-refractivity contribution in [3.63, 3.8) is 0 Å². The fourth-order valence-electron chi connectivity index (χ4n) is 5.75. The van der Waals surface area contributed by atoms with E-state index in [-0.39, 0.29) is 44.4 Å². The summed E-state index contributed by atoms with van der Waals surface area (Å²) in [6, 6.07) is 19.8. The average Bonchev–Trinajstić information content (AvgIpc) is 3.44. The fraction of sp³-hybridized carbons (Fsp3) is 0.351. The monoisotopic (exact) mass is 673 g/mol. The van der Waals surface area contributed by atoms with Gasteiger partial charge in [0.25, 0.3) is 0 Å². The van der Waals surface area contributed by atoms with Gasteiger partial charge in [-0.3, -0.25) is 4.79 Å². The van der Waals surface area contributed by atoms with Crippen LogP contribution in [0, 0.1) is 0 Å². The molecule has 3 aromatic rings. The Balaban J connectivity index is 1.35. The van der Waals surface area contributed by atoms with Gasteiger partial charge in [0.2, 0.25) is 5.91 Å². The number of fused-ring (bicyclic) bond motifs is 3. The molecule has 12 heteroatoms. The quantitative estimate of drug-likeness (QED) is 0.117. The van der Waals surface area contributed by atoms with E-state index < -0.39 is 24.2 Å². The number of nitrogens with one attached hydrogen (secondary N) is 2. The Labute approximate surface area is 286 Å². The third-order valence-electron chi connectivity index (χ3n) is 8.25. The molecule has 0 aromatic heterocycles. The first-order valence-corrected chi connectivity index (χ1v) is 16.1. The molecule has 0 fully saturated rings. The Morgan fingerprint density at radius 3 is 2.24 bits per heavy atom. The highest BCUT2D eigenvalue weighted by Crippen LogP contribution is 2.44. The van der Waals surface area contributed by atoms with Crippen LogP contribution >= 0.6 is 0 Å². The number of methoxy groups -OCH3 is 2. The van der Waals surface area contributed by atoms with E-state index >= 15 is 0 Å². The number of hydrogen-bond acceptors (Lipinski definition) is 8. The molecule has 1 aliphatic rings. The summed E-state index contributed by atoms with van der Waals surface area (Å²) >= 11 is 0. The smallest absolute Gasteiger partial charge is 0.407 e. The standard InChI is InChI=1S/C37H43N3O9/c1-4-21-48-36(44)38-19-9-10-20-40(23-25-15-16-26(46-2)22-33(25)47-3)34(41)18-17-32(35(42)43)39-37(45)49-24-31-29-13-7-5-11-27(29)28-12-6-8-14-30(28)31/h4-8,11-16,22,31-32H,1,9-10,17-21,23-24H2,2-3H3,(H,38,44)(H,39,45)(H,42,43)/t32-/m0/s1. The molecule has 0 saturated carbocycles. The zero-order valence-corrected chi connectivity index (χ0v) is 27.8. The summed E-state index contributed by atoms with van der Waals surface area (Å²) in [6.07, 6.45) is 0.857. The van der Waals surface area contributed by atoms with Crippen molar-refractivity contribution in [3.8, 4) is 22.6 Å². The molecule has 0 saturated heterocycles. The Kier molecular flexibility index (Phi) is 13.4. The lowest BCUT2D eigenvalue weighted by atomic mass is 9.98. The van der Waals surface area contributed by atoms with Gasteiger partial charge in [-0.15, -0.1) is 0 Å². The maximum atomic E-state index is 13.5. The van der Waals surface area contributed by atoms with Gasteiger partial charge in [-0.05, 0) is 53.6 Å². The lowest BCUT2D eigenvalue weighted by Crippen LogP contribution is -2.42. The second-order valence-electron chi connectivity index (χ2n) is 11.4. The molecule has 1 aliphatic carbocycles. The van der Waals surface area contributed by atoms with Gasteiger partial charge in [-0.1, -0.05) is 61.2 Å². The van der Waals surface area contributed by atoms with Gasteiger partial charge < -0.3 is 39.6 Å². The van der Waals surface area contributed by atoms with Gasteiger partial charge in [0.1, 0.15) is 30.8 Å². The molecule has 0 spiro atoms. The van der Waals surface area contributed by atoms with Crippen LogP contribution in [0.25, 0.3) is 11.1 Å². The number of benzene rings is 3. The van der Waals surface area contributed by atoms with Crippen LogP contribution < -0.4 is 20.1 Å². The Morgan fingerprint density at radius 2 is 1.61 bits per heavy atom. The molecule has 0 bridgehead atoms. The average molecular weight is 674 g/mol. The van der Waals surface area contributed by atoms with Crippen LogP contribution in [0.15, 0.2) is 79.4 Å². The number of nitrogens with zero attached hydrogens (tertiary/aromatic N) is 1. The molecule has 0 aliphatic heterocycles. The number of hydrogen-bond donors (Lipinski definition) is 3. The zero-order valence-electron chi connectivity index (χ0n) is 27.8. The predicted octanol–water partition coefficient (Wildman–Crippen LogP) is 5.50. The number of carboxylic acids is 1. The first-order valence-electron chi connectivity index (χ1n) is 16.1. The molecule has 3 amide bonds. The maximum Gasteiger partial charge on any atom is 0.407 e. The molecule has 3 aromatic carbocycles. The maximum absolute atomic E-state index is 13.5. The third kappa shape index (κ3) is 9.99. The molecule has 1 atom stereocenters. The molecule has 12 nitrogen and oxygen atoms in total. The first kappa shape index (κ1) is 36.3. The van der Waals surface area contributed by atoms with Gasteiger partial charge in [-0.25, -0.2) is 14.4 Å². The third-order valence-corrected chi connectivity index (χ3v) is 8.25. The van der Waals surface area contributed by atoms with Crippen LogP contribution in [0.5, 0.6) is 11.5 Å². The summed E-state index contributed by atoms with van der Waals surface area (Å²) in [5.41, 5.74) is 4.96. The molecule has 49 heavy (non-hydrogen) atoms. The van der Waals surface area contributed by atoms with E-state index in [1.807, 2.05) is 48.5 Å². The summed E-state index contributed by atoms with van der Waals surface area (Å²) in [7, 11) is 3.06. The van der Waals surface area contributed by atoms with Crippen molar-refractivity contribution in [2.45, 2.75) is 44.2 Å². The summed E-state index contributed by atoms with van der Waals surface area (Å²) in [4.78, 5) is 51.8. The number of carbonyl (C=O) groups excluding carboxylic acids is 3. The number of carboxylic acid groups (broad SMARTS) is 1. The van der Waals surface area contributed by atoms with E-state index in [1.165, 1.54) is 13.2 Å². The highest BCUT2D eigenvalue weighted by Gasteiger charge is 2.30. The van der Waals surface area contributed by atoms with Crippen LogP contribution in [-0.2, 0) is 25.6 Å². The number of ether oxygens (including phenoxy) is 4. The van der Waals surface area contributed by atoms with Gasteiger partial charge in [-0.2, -0.15) is 0 Å². The second kappa shape index (κ2) is 18.1. The largest absolute Gasteiger partial charge is 0.497 e. The predicted molar refractivity (Wildman–Crippen MR) is 183 cm³/mol. The Morgan fingerprint density at radius 1 is 0.918 bits per heavy atom. The molecular weight excluding hydrogens is 630 g/mol. The minimum Gasteiger partial charge on any atom is -0.497 e.